The van der Waals surface area contributed by atoms with E-state index in [0.29, 0.717) is 0 Å². The van der Waals surface area contributed by atoms with Crippen molar-refractivity contribution >= 4 is 39.0 Å². The number of hydrogen-bond acceptors (Lipinski definition) is 2. The van der Waals surface area contributed by atoms with Crippen LogP contribution in [0.4, 0.5) is 17.1 Å². The Balaban J connectivity index is 1.24. The number of anilines is 3. The molecule has 0 bridgehead atoms. The van der Waals surface area contributed by atoms with Crippen LogP contribution in [0.2, 0.25) is 0 Å². The summed E-state index contributed by atoms with van der Waals surface area (Å²) >= 11 is 0. The predicted octanol–water partition coefficient (Wildman–Crippen LogP) is 14.7. The molecule has 1 heterocycles. The fourth-order valence-electron chi connectivity index (χ4n) is 10.1. The van der Waals surface area contributed by atoms with Crippen LogP contribution in [0.15, 0.2) is 217 Å². The maximum absolute atomic E-state index is 6.56. The first kappa shape index (κ1) is 31.9. The molecule has 2 aliphatic carbocycles. The average Bonchev–Trinajstić information content (AvgIpc) is 3.78. The van der Waals surface area contributed by atoms with Crippen molar-refractivity contribution in [2.24, 2.45) is 0 Å². The van der Waals surface area contributed by atoms with Gasteiger partial charge in [0, 0.05) is 16.5 Å². The average molecular weight is 726 g/mol. The fraction of sp³-hybridized carbons (Fsp3) is 0.0182. The highest BCUT2D eigenvalue weighted by Crippen LogP contribution is 2.64. The summed E-state index contributed by atoms with van der Waals surface area (Å²) in [7, 11) is 0. The Labute approximate surface area is 331 Å². The first-order valence-corrected chi connectivity index (χ1v) is 19.7. The van der Waals surface area contributed by atoms with E-state index in [-0.39, 0.29) is 0 Å². The molecule has 2 heteroatoms. The molecule has 9 aromatic carbocycles. The molecule has 57 heavy (non-hydrogen) atoms. The van der Waals surface area contributed by atoms with Crippen molar-refractivity contribution < 1.29 is 4.42 Å². The Morgan fingerprint density at radius 3 is 1.51 bits per heavy atom. The summed E-state index contributed by atoms with van der Waals surface area (Å²) in [5, 5.41) is 2.19. The number of para-hydroxylation sites is 2. The third kappa shape index (κ3) is 4.41. The quantitative estimate of drug-likeness (QED) is 0.180. The van der Waals surface area contributed by atoms with Crippen LogP contribution in [-0.4, -0.2) is 0 Å². The van der Waals surface area contributed by atoms with Gasteiger partial charge in [-0.2, -0.15) is 0 Å². The zero-order valence-electron chi connectivity index (χ0n) is 31.1. The van der Waals surface area contributed by atoms with Crippen molar-refractivity contribution in [3.8, 4) is 44.5 Å². The molecule has 0 aliphatic heterocycles. The molecule has 0 amide bonds. The van der Waals surface area contributed by atoms with Gasteiger partial charge in [0.2, 0.25) is 0 Å². The fourth-order valence-corrected chi connectivity index (χ4v) is 10.1. The molecular formula is C55H35NO. The van der Waals surface area contributed by atoms with Gasteiger partial charge in [-0.1, -0.05) is 182 Å². The van der Waals surface area contributed by atoms with Gasteiger partial charge in [-0.3, -0.25) is 0 Å². The number of nitrogens with zero attached hydrogens (tertiary/aromatic N) is 1. The highest BCUT2D eigenvalue weighted by molar-refractivity contribution is 6.15. The van der Waals surface area contributed by atoms with Crippen LogP contribution in [-0.2, 0) is 5.41 Å². The minimum atomic E-state index is -0.590. The second-order valence-corrected chi connectivity index (χ2v) is 15.1. The van der Waals surface area contributed by atoms with Gasteiger partial charge in [0.1, 0.15) is 11.2 Å². The number of benzene rings is 9. The Hall–Kier alpha value is -7.42. The minimum absolute atomic E-state index is 0.590. The summed E-state index contributed by atoms with van der Waals surface area (Å²) in [4.78, 5) is 2.50. The van der Waals surface area contributed by atoms with Crippen molar-refractivity contribution in [2.45, 2.75) is 5.41 Å². The molecule has 2 nitrogen and oxygen atoms in total. The van der Waals surface area contributed by atoms with Gasteiger partial charge in [-0.05, 0) is 86.0 Å². The molecule has 10 aromatic rings. The van der Waals surface area contributed by atoms with Gasteiger partial charge in [0.25, 0.3) is 0 Å². The second-order valence-electron chi connectivity index (χ2n) is 15.1. The zero-order valence-corrected chi connectivity index (χ0v) is 31.1. The first-order chi connectivity index (χ1) is 28.3. The lowest BCUT2D eigenvalue weighted by Gasteiger charge is -2.36. The number of rotatable bonds is 4. The normalized spacial score (nSPS) is 13.1. The molecule has 1 spiro atoms. The van der Waals surface area contributed by atoms with Crippen molar-refractivity contribution in [1.82, 2.24) is 0 Å². The van der Waals surface area contributed by atoms with Crippen molar-refractivity contribution in [2.75, 3.05) is 4.90 Å². The van der Waals surface area contributed by atoms with E-state index < -0.39 is 5.41 Å². The molecule has 0 N–H and O–H groups in total. The van der Waals surface area contributed by atoms with E-state index in [1.807, 2.05) is 6.07 Å². The predicted molar refractivity (Wildman–Crippen MR) is 236 cm³/mol. The second kappa shape index (κ2) is 12.3. The van der Waals surface area contributed by atoms with Gasteiger partial charge in [-0.15, -0.1) is 0 Å². The summed E-state index contributed by atoms with van der Waals surface area (Å²) in [5.74, 6) is 0. The summed E-state index contributed by atoms with van der Waals surface area (Å²) in [6.45, 7) is 0. The lowest BCUT2D eigenvalue weighted by Crippen LogP contribution is -2.29. The molecule has 0 saturated heterocycles. The topological polar surface area (TPSA) is 16.4 Å². The third-order valence-electron chi connectivity index (χ3n) is 12.3. The molecular weight excluding hydrogens is 691 g/mol. The Morgan fingerprint density at radius 2 is 0.789 bits per heavy atom. The first-order valence-electron chi connectivity index (χ1n) is 19.7. The largest absolute Gasteiger partial charge is 0.456 e. The maximum atomic E-state index is 6.56. The van der Waals surface area contributed by atoms with E-state index in [2.05, 4.69) is 211 Å². The number of fused-ring (bicyclic) bond motifs is 15. The van der Waals surface area contributed by atoms with Crippen LogP contribution in [0.1, 0.15) is 22.3 Å². The highest BCUT2D eigenvalue weighted by Gasteiger charge is 2.50. The van der Waals surface area contributed by atoms with E-state index >= 15 is 0 Å². The third-order valence-corrected chi connectivity index (χ3v) is 12.3. The Morgan fingerprint density at radius 1 is 0.316 bits per heavy atom. The zero-order chi connectivity index (χ0) is 37.5. The Bertz CT molecular complexity index is 3140. The smallest absolute Gasteiger partial charge is 0.137 e. The summed E-state index contributed by atoms with van der Waals surface area (Å²) in [6, 6.07) is 77.7. The number of furan rings is 1. The summed E-state index contributed by atoms with van der Waals surface area (Å²) < 4.78 is 6.56. The van der Waals surface area contributed by atoms with Gasteiger partial charge >= 0.3 is 0 Å². The van der Waals surface area contributed by atoms with Gasteiger partial charge in [0.15, 0.2) is 0 Å². The van der Waals surface area contributed by atoms with Crippen molar-refractivity contribution in [3.05, 3.63) is 235 Å². The van der Waals surface area contributed by atoms with Crippen LogP contribution in [0, 0.1) is 0 Å². The molecule has 0 atom stereocenters. The number of hydrogen-bond donors (Lipinski definition) is 0. The molecule has 0 fully saturated rings. The molecule has 266 valence electrons. The van der Waals surface area contributed by atoms with Crippen LogP contribution < -0.4 is 4.90 Å². The SMILES string of the molecule is c1ccc(-c2ccccc2N(c2cccc3c2-c2ccccc2C32c3ccccc3-c3ccccc3-c3ccccc32)c2cccc3oc4ccccc4c23)cc1. The standard InChI is InChI=1S/C55H35NO/c1-2-18-36(19-3-1)37-20-9-14-31-48(37)56(50-33-17-35-52-54(50)43-26-10-15-34-51(43)57-52)49-32-16-30-47-53(49)42-25-8-13-29-46(42)55(47)44-27-11-6-23-40(44)38-21-4-5-22-39(38)41-24-7-12-28-45(41)55/h1-35H. The van der Waals surface area contributed by atoms with E-state index in [4.69, 9.17) is 4.42 Å². The van der Waals surface area contributed by atoms with Crippen molar-refractivity contribution in [3.63, 3.8) is 0 Å². The molecule has 1 aromatic heterocycles. The van der Waals surface area contributed by atoms with Gasteiger partial charge in [0.05, 0.1) is 27.9 Å². The summed E-state index contributed by atoms with van der Waals surface area (Å²) in [6.07, 6.45) is 0. The van der Waals surface area contributed by atoms with Gasteiger partial charge < -0.3 is 9.32 Å². The van der Waals surface area contributed by atoms with Crippen LogP contribution in [0.25, 0.3) is 66.4 Å². The van der Waals surface area contributed by atoms with E-state index in [1.165, 1.54) is 55.6 Å². The van der Waals surface area contributed by atoms with E-state index in [9.17, 15) is 0 Å². The minimum Gasteiger partial charge on any atom is -0.456 e. The van der Waals surface area contributed by atoms with Crippen LogP contribution >= 0.6 is 0 Å². The van der Waals surface area contributed by atoms with Crippen molar-refractivity contribution in [1.29, 1.82) is 0 Å². The van der Waals surface area contributed by atoms with E-state index in [1.54, 1.807) is 0 Å². The van der Waals surface area contributed by atoms with Crippen LogP contribution in [0.3, 0.4) is 0 Å². The van der Waals surface area contributed by atoms with Gasteiger partial charge in [-0.25, -0.2) is 0 Å². The highest BCUT2D eigenvalue weighted by atomic mass is 16.3. The molecule has 0 radical (unpaired) electrons. The lowest BCUT2D eigenvalue weighted by molar-refractivity contribution is 0.669. The lowest BCUT2D eigenvalue weighted by atomic mass is 9.66. The monoisotopic (exact) mass is 725 g/mol. The maximum Gasteiger partial charge on any atom is 0.137 e. The molecule has 0 saturated carbocycles. The molecule has 2 aliphatic rings. The molecule has 12 rings (SSSR count). The Kier molecular flexibility index (Phi) is 6.88. The van der Waals surface area contributed by atoms with E-state index in [0.717, 1.165) is 50.1 Å². The summed E-state index contributed by atoms with van der Waals surface area (Å²) in [5.41, 5.74) is 19.4. The molecule has 0 unspecified atom stereocenters. The van der Waals surface area contributed by atoms with Crippen LogP contribution in [0.5, 0.6) is 0 Å².